The van der Waals surface area contributed by atoms with Crippen LogP contribution in [0.15, 0.2) is 192 Å². The number of pyridine rings is 1. The monoisotopic (exact) mass is 707 g/mol. The number of benzene rings is 6. The Morgan fingerprint density at radius 3 is 1.75 bits per heavy atom. The third-order valence-corrected chi connectivity index (χ3v) is 9.97. The highest BCUT2D eigenvalue weighted by Crippen LogP contribution is 2.34. The Morgan fingerprint density at radius 2 is 1.05 bits per heavy atom. The van der Waals surface area contributed by atoms with Crippen LogP contribution in [0.1, 0.15) is 23.0 Å². The molecule has 1 aliphatic rings. The Labute approximate surface area is 317 Å². The van der Waals surface area contributed by atoms with E-state index in [0.717, 1.165) is 83.7 Å². The minimum atomic E-state index is -0.317. The Hall–Kier alpha value is -7.51. The minimum absolute atomic E-state index is 0.317. The zero-order valence-corrected chi connectivity index (χ0v) is 29.6. The first-order valence-electron chi connectivity index (χ1n) is 18.3. The number of nitrogens with zero attached hydrogens (tertiary/aromatic N) is 5. The maximum absolute atomic E-state index is 5.14. The van der Waals surface area contributed by atoms with Crippen molar-refractivity contribution in [2.75, 3.05) is 0 Å². The number of aromatic amines is 1. The summed E-state index contributed by atoms with van der Waals surface area (Å²) in [6, 6.07) is 60.0. The molecule has 0 spiro atoms. The van der Waals surface area contributed by atoms with Crippen LogP contribution in [0.25, 0.3) is 66.8 Å². The quantitative estimate of drug-likeness (QED) is 0.172. The third-order valence-electron chi connectivity index (χ3n) is 9.97. The Kier molecular flexibility index (Phi) is 8.07. The maximum atomic E-state index is 5.14. The van der Waals surface area contributed by atoms with Crippen molar-refractivity contribution in [3.8, 4) is 45.0 Å². The van der Waals surface area contributed by atoms with Crippen molar-refractivity contribution in [1.29, 1.82) is 0 Å². The van der Waals surface area contributed by atoms with Gasteiger partial charge in [0, 0.05) is 44.7 Å². The van der Waals surface area contributed by atoms with E-state index in [1.165, 1.54) is 0 Å². The molecule has 10 rings (SSSR count). The zero-order valence-electron chi connectivity index (χ0n) is 29.6. The summed E-state index contributed by atoms with van der Waals surface area (Å²) in [7, 11) is 0. The lowest BCUT2D eigenvalue weighted by atomic mass is 9.99. The second kappa shape index (κ2) is 13.8. The summed E-state index contributed by atoms with van der Waals surface area (Å²) in [5, 5.41) is 5.60. The summed E-state index contributed by atoms with van der Waals surface area (Å²) in [6.45, 7) is 0. The van der Waals surface area contributed by atoms with E-state index in [2.05, 4.69) is 95.2 Å². The average Bonchev–Trinajstić information content (AvgIpc) is 3.66. The number of nitrogens with one attached hydrogen (secondary N) is 2. The standard InChI is InChI=1S/C48H33N7/c1-5-13-32(14-6-1)41-30-42(52-45(51-41)34-15-7-2-8-16-34)33-23-21-31(22-24-33)37-25-26-39-38(29-37)43-40(50-39)27-28-49-44(43)48-54-46(35-17-9-3-10-18-35)53-47(55-48)36-19-11-4-12-20-36/h1-30,46,50H,(H,53,54,55). The van der Waals surface area contributed by atoms with Crippen LogP contribution in [0.3, 0.4) is 0 Å². The Bertz CT molecular complexity index is 2810. The van der Waals surface area contributed by atoms with E-state index in [9.17, 15) is 0 Å². The number of hydrogen-bond acceptors (Lipinski definition) is 6. The molecular weight excluding hydrogens is 675 g/mol. The van der Waals surface area contributed by atoms with Crippen LogP contribution in [0.2, 0.25) is 0 Å². The first kappa shape index (κ1) is 32.2. The topological polar surface area (TPSA) is 91.2 Å². The van der Waals surface area contributed by atoms with Gasteiger partial charge in [0.15, 0.2) is 11.7 Å². The van der Waals surface area contributed by atoms with E-state index < -0.39 is 0 Å². The minimum Gasteiger partial charge on any atom is -0.354 e. The fourth-order valence-electron chi connectivity index (χ4n) is 7.20. The molecule has 55 heavy (non-hydrogen) atoms. The normalized spacial score (nSPS) is 14.0. The van der Waals surface area contributed by atoms with Gasteiger partial charge >= 0.3 is 0 Å². The Balaban J connectivity index is 1.05. The van der Waals surface area contributed by atoms with Crippen molar-refractivity contribution in [3.63, 3.8) is 0 Å². The molecule has 1 atom stereocenters. The largest absolute Gasteiger partial charge is 0.354 e. The molecule has 7 nitrogen and oxygen atoms in total. The maximum Gasteiger partial charge on any atom is 0.178 e. The number of H-pyrrole nitrogens is 1. The van der Waals surface area contributed by atoms with Crippen LogP contribution >= 0.6 is 0 Å². The second-order valence-electron chi connectivity index (χ2n) is 13.5. The van der Waals surface area contributed by atoms with Crippen LogP contribution in [0.4, 0.5) is 0 Å². The predicted octanol–water partition coefficient (Wildman–Crippen LogP) is 10.7. The highest BCUT2D eigenvalue weighted by atomic mass is 15.2. The number of aliphatic imine (C=N–C) groups is 2. The fraction of sp³-hybridized carbons (Fsp3) is 0.0208. The summed E-state index contributed by atoms with van der Waals surface area (Å²) in [4.78, 5) is 28.7. The molecule has 260 valence electrons. The molecular formula is C48H33N7. The predicted molar refractivity (Wildman–Crippen MR) is 223 cm³/mol. The van der Waals surface area contributed by atoms with Gasteiger partial charge in [0.25, 0.3) is 0 Å². The van der Waals surface area contributed by atoms with E-state index >= 15 is 0 Å². The van der Waals surface area contributed by atoms with Crippen LogP contribution in [-0.4, -0.2) is 31.6 Å². The number of hydrogen-bond donors (Lipinski definition) is 2. The number of fused-ring (bicyclic) bond motifs is 3. The van der Waals surface area contributed by atoms with Gasteiger partial charge in [0.2, 0.25) is 0 Å². The summed E-state index contributed by atoms with van der Waals surface area (Å²) in [6.07, 6.45) is 1.51. The molecule has 2 N–H and O–H groups in total. The molecule has 0 amide bonds. The number of aromatic nitrogens is 4. The lowest BCUT2D eigenvalue weighted by Crippen LogP contribution is -2.33. The molecule has 7 heteroatoms. The van der Waals surface area contributed by atoms with E-state index in [1.807, 2.05) is 97.2 Å². The van der Waals surface area contributed by atoms with Gasteiger partial charge in [0.1, 0.15) is 17.7 Å². The molecule has 6 aromatic carbocycles. The lowest BCUT2D eigenvalue weighted by molar-refractivity contribution is 0.674. The summed E-state index contributed by atoms with van der Waals surface area (Å²) in [5.74, 6) is 2.04. The SMILES string of the molecule is c1ccc(C2=NC(c3nccc4[nH]c5ccc(-c6ccc(-c7cc(-c8ccccc8)nc(-c8ccccc8)n7)cc6)cc5c34)=NC(c3ccccc3)N2)cc1. The fourth-order valence-corrected chi connectivity index (χ4v) is 7.20. The average molecular weight is 708 g/mol. The van der Waals surface area contributed by atoms with Crippen LogP contribution in [0.5, 0.6) is 0 Å². The molecule has 0 fully saturated rings. The van der Waals surface area contributed by atoms with Crippen molar-refractivity contribution >= 4 is 33.5 Å². The number of amidine groups is 2. The van der Waals surface area contributed by atoms with Crippen molar-refractivity contribution in [2.45, 2.75) is 6.17 Å². The second-order valence-corrected chi connectivity index (χ2v) is 13.5. The first-order chi connectivity index (χ1) is 27.2. The van der Waals surface area contributed by atoms with Crippen molar-refractivity contribution in [3.05, 3.63) is 199 Å². The van der Waals surface area contributed by atoms with E-state index in [1.54, 1.807) is 0 Å². The van der Waals surface area contributed by atoms with Gasteiger partial charge in [-0.25, -0.2) is 20.0 Å². The van der Waals surface area contributed by atoms with E-state index in [4.69, 9.17) is 24.9 Å². The van der Waals surface area contributed by atoms with Gasteiger partial charge in [0.05, 0.1) is 16.9 Å². The van der Waals surface area contributed by atoms with Gasteiger partial charge < -0.3 is 10.3 Å². The first-order valence-corrected chi connectivity index (χ1v) is 18.3. The van der Waals surface area contributed by atoms with Crippen LogP contribution in [0, 0.1) is 0 Å². The van der Waals surface area contributed by atoms with Gasteiger partial charge in [-0.3, -0.25) is 4.98 Å². The highest BCUT2D eigenvalue weighted by molar-refractivity contribution is 6.21. The summed E-state index contributed by atoms with van der Waals surface area (Å²) < 4.78 is 0. The Morgan fingerprint density at radius 1 is 0.473 bits per heavy atom. The summed E-state index contributed by atoms with van der Waals surface area (Å²) in [5.41, 5.74) is 11.8. The summed E-state index contributed by atoms with van der Waals surface area (Å²) >= 11 is 0. The lowest BCUT2D eigenvalue weighted by Gasteiger charge is -2.23. The molecule has 0 bridgehead atoms. The molecule has 3 aromatic heterocycles. The van der Waals surface area contributed by atoms with Gasteiger partial charge in [-0.2, -0.15) is 0 Å². The molecule has 4 heterocycles. The van der Waals surface area contributed by atoms with E-state index in [-0.39, 0.29) is 6.17 Å². The molecule has 1 unspecified atom stereocenters. The van der Waals surface area contributed by atoms with Crippen LogP contribution < -0.4 is 5.32 Å². The zero-order chi connectivity index (χ0) is 36.6. The van der Waals surface area contributed by atoms with Gasteiger partial charge in [-0.15, -0.1) is 0 Å². The molecule has 1 aliphatic heterocycles. The highest BCUT2D eigenvalue weighted by Gasteiger charge is 2.24. The molecule has 9 aromatic rings. The molecule has 0 saturated heterocycles. The van der Waals surface area contributed by atoms with Gasteiger partial charge in [-0.05, 0) is 41.0 Å². The van der Waals surface area contributed by atoms with Crippen molar-refractivity contribution in [1.82, 2.24) is 25.3 Å². The van der Waals surface area contributed by atoms with Crippen LogP contribution in [-0.2, 0) is 0 Å². The molecule has 0 saturated carbocycles. The molecule has 0 radical (unpaired) electrons. The van der Waals surface area contributed by atoms with Crippen molar-refractivity contribution < 1.29 is 0 Å². The molecule has 0 aliphatic carbocycles. The number of rotatable bonds is 7. The van der Waals surface area contributed by atoms with E-state index in [0.29, 0.717) is 11.7 Å². The van der Waals surface area contributed by atoms with Gasteiger partial charge in [-0.1, -0.05) is 152 Å². The smallest absolute Gasteiger partial charge is 0.178 e. The van der Waals surface area contributed by atoms with Crippen molar-refractivity contribution in [2.24, 2.45) is 9.98 Å². The third kappa shape index (κ3) is 6.23.